The van der Waals surface area contributed by atoms with Crippen molar-refractivity contribution < 1.29 is 9.21 Å². The van der Waals surface area contributed by atoms with Crippen molar-refractivity contribution in [2.45, 2.75) is 25.9 Å². The van der Waals surface area contributed by atoms with E-state index in [9.17, 15) is 4.79 Å². The molecule has 0 atom stereocenters. The zero-order chi connectivity index (χ0) is 19.3. The third-order valence-corrected chi connectivity index (χ3v) is 5.08. The Kier molecular flexibility index (Phi) is 5.29. The van der Waals surface area contributed by atoms with Gasteiger partial charge in [0.05, 0.1) is 12.8 Å². The summed E-state index contributed by atoms with van der Waals surface area (Å²) in [7, 11) is 2.04. The molecule has 0 unspecified atom stereocenters. The molecule has 0 spiro atoms. The fraction of sp³-hybridized carbons (Fsp3) is 0.208. The van der Waals surface area contributed by atoms with E-state index in [1.807, 2.05) is 54.4 Å². The molecule has 0 fully saturated rings. The number of carbonyl (C=O) groups excluding carboxylic acids is 1. The van der Waals surface area contributed by atoms with E-state index < -0.39 is 0 Å². The number of nitrogens with zero attached hydrogens (tertiary/aromatic N) is 2. The summed E-state index contributed by atoms with van der Waals surface area (Å²) in [6.45, 7) is 1.06. The van der Waals surface area contributed by atoms with E-state index in [1.54, 1.807) is 6.26 Å². The van der Waals surface area contributed by atoms with Gasteiger partial charge in [0.15, 0.2) is 0 Å². The van der Waals surface area contributed by atoms with Gasteiger partial charge < -0.3 is 13.9 Å². The zero-order valence-electron chi connectivity index (χ0n) is 16.0. The van der Waals surface area contributed by atoms with E-state index in [4.69, 9.17) is 4.42 Å². The first kappa shape index (κ1) is 18.1. The summed E-state index contributed by atoms with van der Waals surface area (Å²) in [6, 6.07) is 22.4. The van der Waals surface area contributed by atoms with Crippen molar-refractivity contribution in [3.63, 3.8) is 0 Å². The van der Waals surface area contributed by atoms with E-state index in [2.05, 4.69) is 35.0 Å². The minimum Gasteiger partial charge on any atom is -0.467 e. The quantitative estimate of drug-likeness (QED) is 0.461. The predicted octanol–water partition coefficient (Wildman–Crippen LogP) is 4.93. The molecule has 2 heterocycles. The molecule has 0 aliphatic rings. The lowest BCUT2D eigenvalue weighted by Gasteiger charge is -2.22. The highest BCUT2D eigenvalue weighted by Gasteiger charge is 2.16. The van der Waals surface area contributed by atoms with Gasteiger partial charge in [-0.3, -0.25) is 4.79 Å². The highest BCUT2D eigenvalue weighted by molar-refractivity contribution is 5.81. The number of aromatic nitrogens is 1. The molecule has 4 heteroatoms. The first-order chi connectivity index (χ1) is 13.7. The molecule has 142 valence electrons. The number of benzene rings is 2. The van der Waals surface area contributed by atoms with Gasteiger partial charge in [-0.05, 0) is 47.2 Å². The fourth-order valence-corrected chi connectivity index (χ4v) is 3.50. The summed E-state index contributed by atoms with van der Waals surface area (Å²) < 4.78 is 7.58. The monoisotopic (exact) mass is 372 g/mol. The summed E-state index contributed by atoms with van der Waals surface area (Å²) >= 11 is 0. The molecule has 0 radical (unpaired) electrons. The maximum absolute atomic E-state index is 13.0. The lowest BCUT2D eigenvalue weighted by molar-refractivity contribution is -0.132. The van der Waals surface area contributed by atoms with Crippen molar-refractivity contribution >= 4 is 16.8 Å². The molecule has 0 aliphatic carbocycles. The van der Waals surface area contributed by atoms with Crippen molar-refractivity contribution in [3.05, 3.63) is 96.1 Å². The standard InChI is InChI=1S/C24H24N2O2/c1-25-14-13-21-11-9-19(16-23(21)25)10-12-24(27)26(18-22-8-5-15-28-22)17-20-6-3-2-4-7-20/h2-9,11,13-16H,10,12,17-18H2,1H3. The van der Waals surface area contributed by atoms with Gasteiger partial charge in [0.25, 0.3) is 0 Å². The Morgan fingerprint density at radius 3 is 2.61 bits per heavy atom. The molecular formula is C24H24N2O2. The van der Waals surface area contributed by atoms with E-state index in [0.29, 0.717) is 19.5 Å². The summed E-state index contributed by atoms with van der Waals surface area (Å²) in [5.41, 5.74) is 3.50. The number of hydrogen-bond donors (Lipinski definition) is 0. The first-order valence-corrected chi connectivity index (χ1v) is 9.57. The molecule has 0 bridgehead atoms. The maximum Gasteiger partial charge on any atom is 0.223 e. The molecule has 28 heavy (non-hydrogen) atoms. The van der Waals surface area contributed by atoms with Crippen LogP contribution in [0, 0.1) is 0 Å². The lowest BCUT2D eigenvalue weighted by atomic mass is 10.1. The number of rotatable bonds is 7. The number of carbonyl (C=O) groups is 1. The van der Waals surface area contributed by atoms with Gasteiger partial charge in [-0.15, -0.1) is 0 Å². The average molecular weight is 372 g/mol. The molecule has 1 amide bonds. The van der Waals surface area contributed by atoms with E-state index in [-0.39, 0.29) is 5.91 Å². The SMILES string of the molecule is Cn1ccc2ccc(CCC(=O)N(Cc3ccccc3)Cc3ccco3)cc21. The van der Waals surface area contributed by atoms with Crippen LogP contribution in [0.25, 0.3) is 10.9 Å². The van der Waals surface area contributed by atoms with Crippen molar-refractivity contribution in [1.82, 2.24) is 9.47 Å². The molecule has 0 saturated carbocycles. The van der Waals surface area contributed by atoms with E-state index >= 15 is 0 Å². The molecule has 2 aromatic carbocycles. The topological polar surface area (TPSA) is 38.4 Å². The van der Waals surface area contributed by atoms with Gasteiger partial charge in [0.2, 0.25) is 5.91 Å². The molecular weight excluding hydrogens is 348 g/mol. The Labute approximate surface area is 165 Å². The highest BCUT2D eigenvalue weighted by Crippen LogP contribution is 2.19. The predicted molar refractivity (Wildman–Crippen MR) is 111 cm³/mol. The summed E-state index contributed by atoms with van der Waals surface area (Å²) in [6.07, 6.45) is 4.91. The minimum absolute atomic E-state index is 0.132. The Bertz CT molecular complexity index is 1050. The number of furan rings is 1. The molecule has 4 nitrogen and oxygen atoms in total. The summed E-state index contributed by atoms with van der Waals surface area (Å²) in [5, 5.41) is 1.22. The van der Waals surface area contributed by atoms with Crippen LogP contribution in [-0.4, -0.2) is 15.4 Å². The largest absolute Gasteiger partial charge is 0.467 e. The Hall–Kier alpha value is -3.27. The van der Waals surface area contributed by atoms with Crippen LogP contribution in [0.4, 0.5) is 0 Å². The van der Waals surface area contributed by atoms with Crippen molar-refractivity contribution in [2.75, 3.05) is 0 Å². The van der Waals surface area contributed by atoms with Crippen molar-refractivity contribution in [1.29, 1.82) is 0 Å². The molecule has 0 aliphatic heterocycles. The van der Waals surface area contributed by atoms with Gasteiger partial charge in [0, 0.05) is 31.7 Å². The van der Waals surface area contributed by atoms with E-state index in [0.717, 1.165) is 17.7 Å². The minimum atomic E-state index is 0.132. The lowest BCUT2D eigenvalue weighted by Crippen LogP contribution is -2.30. The zero-order valence-corrected chi connectivity index (χ0v) is 16.0. The number of fused-ring (bicyclic) bond motifs is 1. The van der Waals surface area contributed by atoms with Gasteiger partial charge in [-0.1, -0.05) is 42.5 Å². The van der Waals surface area contributed by atoms with Gasteiger partial charge in [-0.25, -0.2) is 0 Å². The van der Waals surface area contributed by atoms with Gasteiger partial charge >= 0.3 is 0 Å². The second kappa shape index (κ2) is 8.17. The smallest absolute Gasteiger partial charge is 0.223 e. The Morgan fingerprint density at radius 2 is 1.82 bits per heavy atom. The van der Waals surface area contributed by atoms with Crippen molar-refractivity contribution in [3.8, 4) is 0 Å². The number of aryl methyl sites for hydroxylation is 2. The van der Waals surface area contributed by atoms with Gasteiger partial charge in [0.1, 0.15) is 5.76 Å². The second-order valence-electron chi connectivity index (χ2n) is 7.13. The van der Waals surface area contributed by atoms with Gasteiger partial charge in [-0.2, -0.15) is 0 Å². The van der Waals surface area contributed by atoms with E-state index in [1.165, 1.54) is 16.5 Å². The van der Waals surface area contributed by atoms with Crippen LogP contribution in [-0.2, 0) is 31.4 Å². The Balaban J connectivity index is 1.46. The summed E-state index contributed by atoms with van der Waals surface area (Å²) in [4.78, 5) is 14.9. The maximum atomic E-state index is 13.0. The highest BCUT2D eigenvalue weighted by atomic mass is 16.3. The number of amides is 1. The van der Waals surface area contributed by atoms with Crippen LogP contribution in [0.2, 0.25) is 0 Å². The van der Waals surface area contributed by atoms with Crippen LogP contribution >= 0.6 is 0 Å². The van der Waals surface area contributed by atoms with Crippen molar-refractivity contribution in [2.24, 2.45) is 7.05 Å². The van der Waals surface area contributed by atoms with Crippen LogP contribution in [0.3, 0.4) is 0 Å². The first-order valence-electron chi connectivity index (χ1n) is 9.57. The molecule has 0 saturated heterocycles. The average Bonchev–Trinajstić information content (AvgIpc) is 3.36. The van der Waals surface area contributed by atoms with Crippen LogP contribution < -0.4 is 0 Å². The molecule has 4 aromatic rings. The van der Waals surface area contributed by atoms with Crippen LogP contribution in [0.15, 0.2) is 83.6 Å². The summed E-state index contributed by atoms with van der Waals surface area (Å²) in [5.74, 6) is 0.932. The Morgan fingerprint density at radius 1 is 0.964 bits per heavy atom. The molecule has 4 rings (SSSR count). The molecule has 2 aromatic heterocycles. The second-order valence-corrected chi connectivity index (χ2v) is 7.13. The third kappa shape index (κ3) is 4.17. The van der Waals surface area contributed by atoms with Crippen LogP contribution in [0.1, 0.15) is 23.3 Å². The van der Waals surface area contributed by atoms with Crippen LogP contribution in [0.5, 0.6) is 0 Å². The third-order valence-electron chi connectivity index (χ3n) is 5.08. The number of hydrogen-bond acceptors (Lipinski definition) is 2. The fourth-order valence-electron chi connectivity index (χ4n) is 3.50. The normalized spacial score (nSPS) is 11.0. The molecule has 0 N–H and O–H groups in total.